The maximum atomic E-state index is 14.3. The molecule has 0 radical (unpaired) electrons. The number of amides is 2. The minimum atomic E-state index is -2.23. The normalized spacial score (nSPS) is 29.2. The summed E-state index contributed by atoms with van der Waals surface area (Å²) in [5.74, 6) is -3.55. The molecule has 17 nitrogen and oxygen atoms in total. The fourth-order valence-electron chi connectivity index (χ4n) is 8.80. The van der Waals surface area contributed by atoms with Crippen molar-refractivity contribution in [1.29, 1.82) is 0 Å². The highest BCUT2D eigenvalue weighted by Gasteiger charge is 2.55. The molecule has 3 heterocycles. The van der Waals surface area contributed by atoms with Gasteiger partial charge in [0.15, 0.2) is 24.6 Å². The van der Waals surface area contributed by atoms with Gasteiger partial charge in [-0.3, -0.25) is 24.1 Å². The number of nitrogens with one attached hydrogen (secondary N) is 1. The number of phenols is 2. The van der Waals surface area contributed by atoms with Gasteiger partial charge >= 0.3 is 0 Å². The summed E-state index contributed by atoms with van der Waals surface area (Å²) in [4.78, 5) is 60.0. The molecule has 0 aromatic heterocycles. The summed E-state index contributed by atoms with van der Waals surface area (Å²) in [6, 6.07) is 4.39. The molecule has 4 N–H and O–H groups in total. The number of phenolic OH excluding ortho intramolecular Hbond substituents is 2. The van der Waals surface area contributed by atoms with Crippen molar-refractivity contribution in [2.24, 2.45) is 0 Å². The van der Waals surface area contributed by atoms with E-state index in [0.29, 0.717) is 13.2 Å². The number of hydrogen-bond donors (Lipinski definition) is 4. The highest BCUT2D eigenvalue weighted by Crippen LogP contribution is 2.53. The lowest BCUT2D eigenvalue weighted by molar-refractivity contribution is -0.256. The van der Waals surface area contributed by atoms with Crippen molar-refractivity contribution in [2.45, 2.75) is 94.8 Å². The second-order valence-corrected chi connectivity index (χ2v) is 15.8. The van der Waals surface area contributed by atoms with Crippen molar-refractivity contribution in [3.8, 4) is 17.2 Å². The van der Waals surface area contributed by atoms with E-state index in [9.17, 15) is 34.5 Å². The van der Waals surface area contributed by atoms with E-state index < -0.39 is 89.6 Å². The van der Waals surface area contributed by atoms with Crippen LogP contribution in [0.3, 0.4) is 0 Å². The van der Waals surface area contributed by atoms with E-state index in [1.165, 1.54) is 42.2 Å². The van der Waals surface area contributed by atoms with Crippen LogP contribution in [0.2, 0.25) is 0 Å². The molecule has 3 aliphatic heterocycles. The molecule has 5 aliphatic rings. The zero-order valence-corrected chi connectivity index (χ0v) is 33.3. The van der Waals surface area contributed by atoms with Crippen molar-refractivity contribution < 1.29 is 62.9 Å². The van der Waals surface area contributed by atoms with Crippen LogP contribution in [0.25, 0.3) is 0 Å². The fourth-order valence-corrected chi connectivity index (χ4v) is 8.80. The van der Waals surface area contributed by atoms with Gasteiger partial charge in [-0.05, 0) is 13.0 Å². The maximum absolute atomic E-state index is 14.3. The van der Waals surface area contributed by atoms with E-state index in [1.807, 2.05) is 20.8 Å². The van der Waals surface area contributed by atoms with Crippen molar-refractivity contribution in [2.75, 3.05) is 61.1 Å². The highest BCUT2D eigenvalue weighted by molar-refractivity contribution is 6.31. The number of aromatic hydroxyl groups is 2. The number of likely N-dealkylation sites (N-methyl/N-ethyl adjacent to an activating group) is 2. The molecule has 0 saturated carbocycles. The zero-order valence-electron chi connectivity index (χ0n) is 33.3. The molecule has 3 fully saturated rings. The number of benzene rings is 2. The molecule has 2 aromatic carbocycles. The minimum Gasteiger partial charge on any atom is -0.507 e. The first-order valence-corrected chi connectivity index (χ1v) is 19.3. The van der Waals surface area contributed by atoms with Gasteiger partial charge in [-0.2, -0.15) is 0 Å². The Hall–Kier alpha value is -4.20. The average Bonchev–Trinajstić information content (AvgIpc) is 3.57. The number of aliphatic hydroxyl groups is 1. The van der Waals surface area contributed by atoms with Gasteiger partial charge in [0.25, 0.3) is 5.91 Å². The van der Waals surface area contributed by atoms with Crippen molar-refractivity contribution >= 4 is 23.4 Å². The zero-order chi connectivity index (χ0) is 41.1. The van der Waals surface area contributed by atoms with Crippen LogP contribution in [-0.2, 0) is 39.7 Å². The molecule has 0 spiro atoms. The van der Waals surface area contributed by atoms with E-state index in [4.69, 9.17) is 28.4 Å². The predicted molar refractivity (Wildman–Crippen MR) is 200 cm³/mol. The van der Waals surface area contributed by atoms with Crippen LogP contribution in [-0.4, -0.2) is 163 Å². The van der Waals surface area contributed by atoms with Crippen LogP contribution in [0.5, 0.6) is 17.2 Å². The summed E-state index contributed by atoms with van der Waals surface area (Å²) in [5.41, 5.74) is -3.37. The summed E-state index contributed by atoms with van der Waals surface area (Å²) in [5, 5.41) is 39.4. The number of fused-ring (bicyclic) bond motifs is 6. The van der Waals surface area contributed by atoms with Gasteiger partial charge in [-0.25, -0.2) is 0 Å². The predicted octanol–water partition coefficient (Wildman–Crippen LogP) is 1.06. The van der Waals surface area contributed by atoms with Crippen LogP contribution >= 0.6 is 0 Å². The lowest BCUT2D eigenvalue weighted by atomic mass is 9.72. The molecule has 2 amide bonds. The SMILES string of the molecule is COc1cccc2c1C(=O)c1c(O)c3c(c(O)c1C2=O)C[C@@](O)(C(=O)N(C)CCN(C)C(=O)CNC(C)C)C[C@@H]3O[C@H]1C[C@H]2[C@H](O[C@@H]3[C@@H](OC)OCCN32)[C@H](C)O1. The minimum absolute atomic E-state index is 0.0338. The first-order valence-electron chi connectivity index (χ1n) is 19.3. The molecule has 0 unspecified atom stereocenters. The molecular formula is C40H52N4O13. The summed E-state index contributed by atoms with van der Waals surface area (Å²) >= 11 is 0. The number of methoxy groups -OCH3 is 2. The third-order valence-electron chi connectivity index (χ3n) is 11.8. The van der Waals surface area contributed by atoms with E-state index >= 15 is 0 Å². The summed E-state index contributed by atoms with van der Waals surface area (Å²) in [6.45, 7) is 7.01. The van der Waals surface area contributed by atoms with Gasteiger partial charge < -0.3 is 58.9 Å². The van der Waals surface area contributed by atoms with E-state index in [-0.39, 0.29) is 78.2 Å². The molecular weight excluding hydrogens is 744 g/mol. The van der Waals surface area contributed by atoms with Crippen LogP contribution in [0, 0.1) is 0 Å². The summed E-state index contributed by atoms with van der Waals surface area (Å²) in [7, 11) is 6.01. The lowest BCUT2D eigenvalue weighted by Gasteiger charge is -2.44. The molecule has 2 aromatic rings. The third kappa shape index (κ3) is 7.18. The lowest BCUT2D eigenvalue weighted by Crippen LogP contribution is -2.55. The summed E-state index contributed by atoms with van der Waals surface area (Å²) in [6.07, 6.45) is -4.85. The smallest absolute Gasteiger partial charge is 0.254 e. The van der Waals surface area contributed by atoms with Gasteiger partial charge in [0.1, 0.15) is 29.0 Å². The topological polar surface area (TPSA) is 206 Å². The molecule has 3 saturated heterocycles. The maximum Gasteiger partial charge on any atom is 0.254 e. The Morgan fingerprint density at radius 3 is 2.46 bits per heavy atom. The second-order valence-electron chi connectivity index (χ2n) is 15.8. The number of nitrogens with zero attached hydrogens (tertiary/aromatic N) is 3. The Morgan fingerprint density at radius 2 is 1.75 bits per heavy atom. The first-order chi connectivity index (χ1) is 27.1. The number of ether oxygens (including phenoxy) is 6. The standard InChI is InChI=1S/C40H52N4O13/c1-19(2)41-18-26(45)42(4)11-12-43(5)39(50)40(51)16-22-29(35(49)31-30(33(22)47)32(46)21-9-8-10-24(52-6)28(21)34(31)48)25(17-40)56-27-15-23-36(20(3)55-27)57-37-38(53-7)54-14-13-44(23)37/h8-10,19-20,23,25,27,36-38,41,47,49,51H,11-18H2,1-7H3/t20-,23-,25-,27-,36+,37+,38-,40-/m0/s1. The number of carbonyl (C=O) groups excluding carboxylic acids is 4. The number of ketones is 2. The van der Waals surface area contributed by atoms with Crippen LogP contribution in [0.4, 0.5) is 0 Å². The van der Waals surface area contributed by atoms with Crippen molar-refractivity contribution in [3.63, 3.8) is 0 Å². The molecule has 8 atom stereocenters. The second kappa shape index (κ2) is 15.9. The Kier molecular flexibility index (Phi) is 11.4. The molecule has 17 heteroatoms. The average molecular weight is 797 g/mol. The largest absolute Gasteiger partial charge is 0.507 e. The number of hydrogen-bond acceptors (Lipinski definition) is 15. The fraction of sp³-hybridized carbons (Fsp3) is 0.600. The van der Waals surface area contributed by atoms with Gasteiger partial charge in [-0.15, -0.1) is 0 Å². The van der Waals surface area contributed by atoms with E-state index in [0.717, 1.165) is 0 Å². The van der Waals surface area contributed by atoms with Crippen LogP contribution in [0.1, 0.15) is 82.7 Å². The van der Waals surface area contributed by atoms with Crippen molar-refractivity contribution in [3.05, 3.63) is 51.6 Å². The Morgan fingerprint density at radius 1 is 1.04 bits per heavy atom. The first kappa shape index (κ1) is 41.0. The van der Waals surface area contributed by atoms with Gasteiger partial charge in [0.05, 0.1) is 49.2 Å². The Labute approximate surface area is 330 Å². The van der Waals surface area contributed by atoms with E-state index in [2.05, 4.69) is 10.2 Å². The third-order valence-corrected chi connectivity index (χ3v) is 11.8. The molecule has 0 bridgehead atoms. The molecule has 7 rings (SSSR count). The Bertz CT molecular complexity index is 1940. The molecule has 57 heavy (non-hydrogen) atoms. The van der Waals surface area contributed by atoms with E-state index in [1.54, 1.807) is 14.2 Å². The monoisotopic (exact) mass is 796 g/mol. The number of carbonyl (C=O) groups is 4. The summed E-state index contributed by atoms with van der Waals surface area (Å²) < 4.78 is 36.0. The molecule has 310 valence electrons. The molecule has 2 aliphatic carbocycles. The van der Waals surface area contributed by atoms with Gasteiger partial charge in [-0.1, -0.05) is 26.0 Å². The quantitative estimate of drug-likeness (QED) is 0.200. The Balaban J connectivity index is 1.23. The van der Waals surface area contributed by atoms with Crippen LogP contribution in [0.15, 0.2) is 18.2 Å². The number of morpholine rings is 1. The van der Waals surface area contributed by atoms with Gasteiger partial charge in [0, 0.05) is 88.9 Å². The van der Waals surface area contributed by atoms with Crippen LogP contribution < -0.4 is 10.1 Å². The van der Waals surface area contributed by atoms with Crippen molar-refractivity contribution in [1.82, 2.24) is 20.0 Å². The highest BCUT2D eigenvalue weighted by atomic mass is 16.7. The number of rotatable bonds is 11. The van der Waals surface area contributed by atoms with Gasteiger partial charge in [0.2, 0.25) is 11.7 Å².